The fourth-order valence-electron chi connectivity index (χ4n) is 2.23. The van der Waals surface area contributed by atoms with E-state index in [9.17, 15) is 0 Å². The van der Waals surface area contributed by atoms with Gasteiger partial charge >= 0.3 is 0 Å². The molecule has 0 saturated carbocycles. The van der Waals surface area contributed by atoms with Gasteiger partial charge in [-0.15, -0.1) is 0 Å². The van der Waals surface area contributed by atoms with E-state index in [0.29, 0.717) is 16.8 Å². The van der Waals surface area contributed by atoms with Gasteiger partial charge in [0.05, 0.1) is 16.4 Å². The molecule has 1 aromatic carbocycles. The topological polar surface area (TPSA) is 62.7 Å². The number of aromatic nitrogens is 3. The van der Waals surface area contributed by atoms with Crippen molar-refractivity contribution in [1.82, 2.24) is 15.0 Å². The molecule has 3 aromatic rings. The van der Waals surface area contributed by atoms with Gasteiger partial charge in [0.1, 0.15) is 5.82 Å². The fourth-order valence-corrected chi connectivity index (χ4v) is 3.14. The number of hydrogen-bond acceptors (Lipinski definition) is 5. The molecule has 0 aliphatic heterocycles. The summed E-state index contributed by atoms with van der Waals surface area (Å²) in [7, 11) is 0. The minimum Gasteiger partial charge on any atom is -0.352 e. The van der Waals surface area contributed by atoms with Crippen molar-refractivity contribution in [2.45, 2.75) is 19.9 Å². The van der Waals surface area contributed by atoms with Gasteiger partial charge in [0.15, 0.2) is 0 Å². The molecule has 0 bridgehead atoms. The Morgan fingerprint density at radius 1 is 1.04 bits per heavy atom. The Bertz CT molecular complexity index is 871. The molecule has 5 nitrogen and oxygen atoms in total. The molecule has 25 heavy (non-hydrogen) atoms. The quantitative estimate of drug-likeness (QED) is 0.497. The van der Waals surface area contributed by atoms with Gasteiger partial charge in [0, 0.05) is 33.6 Å². The second kappa shape index (κ2) is 7.97. The summed E-state index contributed by atoms with van der Waals surface area (Å²) in [4.78, 5) is 13.2. The van der Waals surface area contributed by atoms with Crippen molar-refractivity contribution in [1.29, 1.82) is 0 Å². The highest BCUT2D eigenvalue weighted by molar-refractivity contribution is 14.1. The molecule has 0 saturated heterocycles. The zero-order chi connectivity index (χ0) is 17.8. The van der Waals surface area contributed by atoms with E-state index in [0.717, 1.165) is 20.5 Å². The Morgan fingerprint density at radius 2 is 1.80 bits per heavy atom. The highest BCUT2D eigenvalue weighted by Crippen LogP contribution is 2.28. The minimum absolute atomic E-state index is 0.224. The van der Waals surface area contributed by atoms with Crippen LogP contribution < -0.4 is 10.6 Å². The SMILES string of the molecule is CC(C)Nc1nc(Nc2ccc(I)cc2Cl)cc(-c2ccncc2)n1. The second-order valence-corrected chi connectivity index (χ2v) is 7.40. The molecule has 0 spiro atoms. The summed E-state index contributed by atoms with van der Waals surface area (Å²) < 4.78 is 1.08. The van der Waals surface area contributed by atoms with Gasteiger partial charge in [0.2, 0.25) is 5.95 Å². The molecular formula is C18H17ClIN5. The fraction of sp³-hybridized carbons (Fsp3) is 0.167. The first-order chi connectivity index (χ1) is 12.0. The van der Waals surface area contributed by atoms with E-state index in [-0.39, 0.29) is 6.04 Å². The molecular weight excluding hydrogens is 449 g/mol. The lowest BCUT2D eigenvalue weighted by atomic mass is 10.2. The normalized spacial score (nSPS) is 10.8. The van der Waals surface area contributed by atoms with E-state index in [2.05, 4.69) is 48.2 Å². The van der Waals surface area contributed by atoms with Gasteiger partial charge in [0.25, 0.3) is 0 Å². The average Bonchev–Trinajstić information content (AvgIpc) is 2.57. The summed E-state index contributed by atoms with van der Waals surface area (Å²) in [6.07, 6.45) is 3.49. The third-order valence-corrected chi connectivity index (χ3v) is 4.30. The highest BCUT2D eigenvalue weighted by atomic mass is 127. The van der Waals surface area contributed by atoms with Gasteiger partial charge < -0.3 is 10.6 Å². The Labute approximate surface area is 165 Å². The summed E-state index contributed by atoms with van der Waals surface area (Å²) in [5.74, 6) is 1.24. The van der Waals surface area contributed by atoms with Crippen molar-refractivity contribution in [3.05, 3.63) is 57.4 Å². The van der Waals surface area contributed by atoms with Gasteiger partial charge in [-0.3, -0.25) is 4.98 Å². The van der Waals surface area contributed by atoms with Crippen LogP contribution >= 0.6 is 34.2 Å². The van der Waals surface area contributed by atoms with E-state index in [1.807, 2.05) is 50.2 Å². The molecule has 7 heteroatoms. The van der Waals surface area contributed by atoms with E-state index in [1.54, 1.807) is 12.4 Å². The van der Waals surface area contributed by atoms with Crippen LogP contribution in [0.2, 0.25) is 5.02 Å². The molecule has 2 N–H and O–H groups in total. The number of rotatable bonds is 5. The standard InChI is InChI=1S/C18H17ClIN5/c1-11(2)22-18-24-16(12-5-7-21-8-6-12)10-17(25-18)23-15-4-3-13(20)9-14(15)19/h3-11H,1-2H3,(H2,22,23,24,25). The van der Waals surface area contributed by atoms with Crippen LogP contribution in [-0.2, 0) is 0 Å². The molecule has 0 aliphatic rings. The van der Waals surface area contributed by atoms with Crippen molar-refractivity contribution in [2.75, 3.05) is 10.6 Å². The van der Waals surface area contributed by atoms with E-state index < -0.39 is 0 Å². The monoisotopic (exact) mass is 465 g/mol. The number of nitrogens with zero attached hydrogens (tertiary/aromatic N) is 3. The molecule has 0 amide bonds. The number of benzene rings is 1. The number of hydrogen-bond donors (Lipinski definition) is 2. The van der Waals surface area contributed by atoms with Crippen LogP contribution in [0.15, 0.2) is 48.8 Å². The van der Waals surface area contributed by atoms with Gasteiger partial charge in [-0.25, -0.2) is 4.98 Å². The molecule has 0 aliphatic carbocycles. The van der Waals surface area contributed by atoms with E-state index >= 15 is 0 Å². The summed E-state index contributed by atoms with van der Waals surface area (Å²) in [5, 5.41) is 7.18. The Hall–Kier alpha value is -1.93. The Balaban J connectivity index is 2.00. The second-order valence-electron chi connectivity index (χ2n) is 5.75. The average molecular weight is 466 g/mol. The van der Waals surface area contributed by atoms with Crippen molar-refractivity contribution < 1.29 is 0 Å². The summed E-state index contributed by atoms with van der Waals surface area (Å²) in [6.45, 7) is 4.09. The number of anilines is 3. The van der Waals surface area contributed by atoms with Gasteiger partial charge in [-0.1, -0.05) is 11.6 Å². The Morgan fingerprint density at radius 3 is 2.48 bits per heavy atom. The molecule has 0 fully saturated rings. The van der Waals surface area contributed by atoms with Crippen molar-refractivity contribution in [3.8, 4) is 11.3 Å². The number of nitrogens with one attached hydrogen (secondary N) is 2. The van der Waals surface area contributed by atoms with Crippen molar-refractivity contribution >= 4 is 51.6 Å². The molecule has 2 aromatic heterocycles. The maximum absolute atomic E-state index is 6.33. The van der Waals surface area contributed by atoms with Crippen LogP contribution in [0.4, 0.5) is 17.5 Å². The molecule has 128 valence electrons. The van der Waals surface area contributed by atoms with Crippen LogP contribution in [0.1, 0.15) is 13.8 Å². The minimum atomic E-state index is 0.224. The smallest absolute Gasteiger partial charge is 0.225 e. The summed E-state index contributed by atoms with van der Waals surface area (Å²) in [5.41, 5.74) is 2.59. The molecule has 0 atom stereocenters. The van der Waals surface area contributed by atoms with Crippen molar-refractivity contribution in [3.63, 3.8) is 0 Å². The highest BCUT2D eigenvalue weighted by Gasteiger charge is 2.09. The summed E-state index contributed by atoms with van der Waals surface area (Å²) >= 11 is 8.56. The lowest BCUT2D eigenvalue weighted by Gasteiger charge is -2.14. The predicted molar refractivity (Wildman–Crippen MR) is 111 cm³/mol. The largest absolute Gasteiger partial charge is 0.352 e. The van der Waals surface area contributed by atoms with Crippen LogP contribution in [-0.4, -0.2) is 21.0 Å². The maximum atomic E-state index is 6.33. The summed E-state index contributed by atoms with van der Waals surface area (Å²) in [6, 6.07) is 11.8. The molecule has 2 heterocycles. The predicted octanol–water partition coefficient (Wildman–Crippen LogP) is 5.36. The van der Waals surface area contributed by atoms with E-state index in [1.165, 1.54) is 0 Å². The van der Waals surface area contributed by atoms with Crippen molar-refractivity contribution in [2.24, 2.45) is 0 Å². The third kappa shape index (κ3) is 4.79. The zero-order valence-electron chi connectivity index (χ0n) is 13.8. The number of pyridine rings is 1. The van der Waals surface area contributed by atoms with Gasteiger partial charge in [-0.05, 0) is 66.8 Å². The number of halogens is 2. The van der Waals surface area contributed by atoms with Crippen LogP contribution in [0.25, 0.3) is 11.3 Å². The maximum Gasteiger partial charge on any atom is 0.225 e. The molecule has 3 rings (SSSR count). The van der Waals surface area contributed by atoms with Crippen LogP contribution in [0, 0.1) is 3.57 Å². The molecule has 0 unspecified atom stereocenters. The lowest BCUT2D eigenvalue weighted by Crippen LogP contribution is -2.13. The first-order valence-corrected chi connectivity index (χ1v) is 9.25. The van der Waals surface area contributed by atoms with E-state index in [4.69, 9.17) is 11.6 Å². The first-order valence-electron chi connectivity index (χ1n) is 7.79. The van der Waals surface area contributed by atoms with Crippen LogP contribution in [0.5, 0.6) is 0 Å². The third-order valence-electron chi connectivity index (χ3n) is 3.31. The first kappa shape index (κ1) is 17.9. The zero-order valence-corrected chi connectivity index (χ0v) is 16.7. The van der Waals surface area contributed by atoms with Gasteiger partial charge in [-0.2, -0.15) is 4.98 Å². The lowest BCUT2D eigenvalue weighted by molar-refractivity contribution is 0.876. The van der Waals surface area contributed by atoms with Crippen LogP contribution in [0.3, 0.4) is 0 Å². The Kier molecular flexibility index (Phi) is 5.70. The molecule has 0 radical (unpaired) electrons.